The molecule has 0 aromatic carbocycles. The van der Waals surface area contributed by atoms with Crippen molar-refractivity contribution in [1.82, 2.24) is 20.4 Å². The third-order valence-electron chi connectivity index (χ3n) is 2.60. The van der Waals surface area contributed by atoms with Crippen molar-refractivity contribution in [2.45, 2.75) is 19.9 Å². The Hall–Kier alpha value is -2.05. The molecule has 0 bridgehead atoms. The van der Waals surface area contributed by atoms with Gasteiger partial charge in [-0.3, -0.25) is 10.8 Å². The summed E-state index contributed by atoms with van der Waals surface area (Å²) >= 11 is 0. The molecule has 2 aromatic heterocycles. The zero-order valence-corrected chi connectivity index (χ0v) is 11.0. The van der Waals surface area contributed by atoms with Gasteiger partial charge in [0.1, 0.15) is 11.8 Å². The number of pyridine rings is 1. The molecule has 100 valence electrons. The van der Waals surface area contributed by atoms with Crippen molar-refractivity contribution in [2.75, 3.05) is 6.61 Å². The summed E-state index contributed by atoms with van der Waals surface area (Å²) in [5, 5.41) is 0. The van der Waals surface area contributed by atoms with Crippen molar-refractivity contribution in [2.24, 2.45) is 5.84 Å². The molecule has 6 nitrogen and oxygen atoms in total. The quantitative estimate of drug-likeness (QED) is 0.618. The van der Waals surface area contributed by atoms with Crippen molar-refractivity contribution in [1.29, 1.82) is 0 Å². The van der Waals surface area contributed by atoms with Crippen LogP contribution in [-0.4, -0.2) is 21.6 Å². The molecule has 0 aliphatic heterocycles. The van der Waals surface area contributed by atoms with Crippen LogP contribution in [0.5, 0.6) is 5.75 Å². The van der Waals surface area contributed by atoms with Gasteiger partial charge in [-0.05, 0) is 31.0 Å². The number of hydrogen-bond acceptors (Lipinski definition) is 6. The minimum Gasteiger partial charge on any atom is -0.492 e. The molecule has 0 saturated heterocycles. The highest BCUT2D eigenvalue weighted by Gasteiger charge is 2.16. The van der Waals surface area contributed by atoms with Crippen LogP contribution in [0.1, 0.15) is 29.9 Å². The summed E-state index contributed by atoms with van der Waals surface area (Å²) in [5.74, 6) is 6.90. The molecule has 3 N–H and O–H groups in total. The second kappa shape index (κ2) is 6.21. The fraction of sp³-hybridized carbons (Fsp3) is 0.308. The average molecular weight is 259 g/mol. The van der Waals surface area contributed by atoms with Gasteiger partial charge in [-0.1, -0.05) is 0 Å². The van der Waals surface area contributed by atoms with Crippen LogP contribution in [0, 0.1) is 6.92 Å². The van der Waals surface area contributed by atoms with Gasteiger partial charge in [-0.25, -0.2) is 15.4 Å². The Morgan fingerprint density at radius 1 is 1.26 bits per heavy atom. The third kappa shape index (κ3) is 3.24. The van der Waals surface area contributed by atoms with Crippen molar-refractivity contribution in [3.8, 4) is 5.75 Å². The molecule has 0 aliphatic carbocycles. The van der Waals surface area contributed by atoms with Crippen LogP contribution in [0.15, 0.2) is 30.9 Å². The van der Waals surface area contributed by atoms with Crippen LogP contribution in [-0.2, 0) is 0 Å². The molecule has 2 rings (SSSR count). The Kier molecular flexibility index (Phi) is 4.38. The Bertz CT molecular complexity index is 529. The first-order chi connectivity index (χ1) is 9.24. The van der Waals surface area contributed by atoms with Gasteiger partial charge in [0.25, 0.3) is 0 Å². The smallest absolute Gasteiger partial charge is 0.150 e. The van der Waals surface area contributed by atoms with Crippen LogP contribution < -0.4 is 16.0 Å². The van der Waals surface area contributed by atoms with E-state index >= 15 is 0 Å². The summed E-state index contributed by atoms with van der Waals surface area (Å²) in [5.41, 5.74) is 4.56. The van der Waals surface area contributed by atoms with Gasteiger partial charge >= 0.3 is 0 Å². The van der Waals surface area contributed by atoms with Gasteiger partial charge < -0.3 is 4.74 Å². The topological polar surface area (TPSA) is 86.0 Å². The Balaban J connectivity index is 2.30. The van der Waals surface area contributed by atoms with E-state index in [9.17, 15) is 0 Å². The number of rotatable bonds is 5. The first-order valence-corrected chi connectivity index (χ1v) is 6.07. The minimum absolute atomic E-state index is 0.312. The van der Waals surface area contributed by atoms with E-state index in [4.69, 9.17) is 10.6 Å². The van der Waals surface area contributed by atoms with E-state index in [1.165, 1.54) is 0 Å². The van der Waals surface area contributed by atoms with E-state index in [0.29, 0.717) is 18.2 Å². The molecule has 0 amide bonds. The van der Waals surface area contributed by atoms with Crippen molar-refractivity contribution >= 4 is 0 Å². The molecular formula is C13H17N5O. The highest BCUT2D eigenvalue weighted by molar-refractivity contribution is 5.29. The van der Waals surface area contributed by atoms with Crippen LogP contribution >= 0.6 is 0 Å². The normalized spacial score (nSPS) is 12.2. The van der Waals surface area contributed by atoms with Crippen molar-refractivity contribution in [3.05, 3.63) is 47.8 Å². The maximum Gasteiger partial charge on any atom is 0.150 e. The fourth-order valence-electron chi connectivity index (χ4n) is 1.71. The monoisotopic (exact) mass is 259 g/mol. The van der Waals surface area contributed by atoms with Crippen LogP contribution in [0.25, 0.3) is 0 Å². The Labute approximate surface area is 112 Å². The molecule has 0 spiro atoms. The van der Waals surface area contributed by atoms with E-state index in [1.807, 2.05) is 19.9 Å². The molecule has 0 aliphatic rings. The second-order valence-electron chi connectivity index (χ2n) is 4.11. The zero-order valence-electron chi connectivity index (χ0n) is 11.0. The molecule has 2 aromatic rings. The first kappa shape index (κ1) is 13.4. The highest BCUT2D eigenvalue weighted by atomic mass is 16.5. The number of aryl methyl sites for hydroxylation is 1. The maximum atomic E-state index is 5.60. The predicted octanol–water partition coefficient (Wildman–Crippen LogP) is 1.13. The number of nitrogens with zero attached hydrogens (tertiary/aromatic N) is 3. The van der Waals surface area contributed by atoms with Crippen molar-refractivity contribution in [3.63, 3.8) is 0 Å². The maximum absolute atomic E-state index is 5.60. The second-order valence-corrected chi connectivity index (χ2v) is 4.11. The lowest BCUT2D eigenvalue weighted by atomic mass is 10.1. The molecular weight excluding hydrogens is 242 g/mol. The van der Waals surface area contributed by atoms with E-state index in [0.717, 1.165) is 11.1 Å². The summed E-state index contributed by atoms with van der Waals surface area (Å²) < 4.78 is 5.42. The molecule has 2 heterocycles. The standard InChI is InChI=1S/C13H17N5O/c1-3-19-11-4-10(7-15-8-11)12(18-14)13-16-5-9(2)6-17-13/h4-8,12,18H,3,14H2,1-2H3. The first-order valence-electron chi connectivity index (χ1n) is 6.07. The van der Waals surface area contributed by atoms with Gasteiger partial charge in [0.2, 0.25) is 0 Å². The molecule has 6 heteroatoms. The van der Waals surface area contributed by atoms with Gasteiger partial charge in [0.05, 0.1) is 12.8 Å². The van der Waals surface area contributed by atoms with Crippen LogP contribution in [0.4, 0.5) is 0 Å². The van der Waals surface area contributed by atoms with E-state index in [1.54, 1.807) is 24.8 Å². The number of ether oxygens (including phenoxy) is 1. The van der Waals surface area contributed by atoms with Crippen molar-refractivity contribution < 1.29 is 4.74 Å². The summed E-state index contributed by atoms with van der Waals surface area (Å²) in [6, 6.07) is 1.57. The predicted molar refractivity (Wildman–Crippen MR) is 71.3 cm³/mol. The van der Waals surface area contributed by atoms with Gasteiger partial charge in [0.15, 0.2) is 5.82 Å². The minimum atomic E-state index is -0.312. The SMILES string of the molecule is CCOc1cncc(C(NN)c2ncc(C)cn2)c1. The van der Waals surface area contributed by atoms with Gasteiger partial charge in [-0.2, -0.15) is 0 Å². The lowest BCUT2D eigenvalue weighted by Gasteiger charge is -2.15. The molecule has 0 fully saturated rings. The van der Waals surface area contributed by atoms with Gasteiger partial charge in [-0.15, -0.1) is 0 Å². The summed E-state index contributed by atoms with van der Waals surface area (Å²) in [6.07, 6.45) is 6.89. The fourth-order valence-corrected chi connectivity index (χ4v) is 1.71. The lowest BCUT2D eigenvalue weighted by molar-refractivity contribution is 0.338. The zero-order chi connectivity index (χ0) is 13.7. The average Bonchev–Trinajstić information content (AvgIpc) is 2.43. The summed E-state index contributed by atoms with van der Waals surface area (Å²) in [6.45, 7) is 4.45. The molecule has 1 atom stereocenters. The summed E-state index contributed by atoms with van der Waals surface area (Å²) in [7, 11) is 0. The Morgan fingerprint density at radius 3 is 2.63 bits per heavy atom. The number of nitrogens with two attached hydrogens (primary N) is 1. The molecule has 0 saturated carbocycles. The third-order valence-corrected chi connectivity index (χ3v) is 2.60. The van der Waals surface area contributed by atoms with Gasteiger partial charge in [0, 0.05) is 18.6 Å². The number of hydrazine groups is 1. The number of nitrogens with one attached hydrogen (secondary N) is 1. The molecule has 0 radical (unpaired) electrons. The van der Waals surface area contributed by atoms with Crippen LogP contribution in [0.3, 0.4) is 0 Å². The lowest BCUT2D eigenvalue weighted by Crippen LogP contribution is -2.30. The largest absolute Gasteiger partial charge is 0.492 e. The van der Waals surface area contributed by atoms with E-state index in [-0.39, 0.29) is 6.04 Å². The number of hydrogen-bond donors (Lipinski definition) is 2. The van der Waals surface area contributed by atoms with Crippen LogP contribution in [0.2, 0.25) is 0 Å². The molecule has 19 heavy (non-hydrogen) atoms. The highest BCUT2D eigenvalue weighted by Crippen LogP contribution is 2.21. The number of aromatic nitrogens is 3. The molecule has 1 unspecified atom stereocenters. The van der Waals surface area contributed by atoms with E-state index < -0.39 is 0 Å². The Morgan fingerprint density at radius 2 is 2.00 bits per heavy atom. The van der Waals surface area contributed by atoms with E-state index in [2.05, 4.69) is 20.4 Å². The summed E-state index contributed by atoms with van der Waals surface area (Å²) in [4.78, 5) is 12.7.